The zero-order valence-corrected chi connectivity index (χ0v) is 14.9. The number of rotatable bonds is 5. The minimum absolute atomic E-state index is 0.0243. The van der Waals surface area contributed by atoms with Crippen molar-refractivity contribution in [2.75, 3.05) is 0 Å². The Bertz CT molecular complexity index is 933. The van der Waals surface area contributed by atoms with Crippen LogP contribution in [0.4, 0.5) is 5.69 Å². The third kappa shape index (κ3) is 3.30. The van der Waals surface area contributed by atoms with Crippen LogP contribution in [0, 0.1) is 10.1 Å². The van der Waals surface area contributed by atoms with E-state index in [1.165, 1.54) is 12.1 Å². The van der Waals surface area contributed by atoms with E-state index in [9.17, 15) is 10.1 Å². The highest BCUT2D eigenvalue weighted by Gasteiger charge is 2.30. The number of aromatic nitrogens is 2. The summed E-state index contributed by atoms with van der Waals surface area (Å²) in [4.78, 5) is 15.2. The summed E-state index contributed by atoms with van der Waals surface area (Å²) in [7, 11) is 0. The van der Waals surface area contributed by atoms with E-state index in [0.717, 1.165) is 5.52 Å². The largest absolute Gasteiger partial charge is 0.480 e. The Hall–Kier alpha value is -2.60. The van der Waals surface area contributed by atoms with Gasteiger partial charge in [0.1, 0.15) is 5.75 Å². The average Bonchev–Trinajstić information content (AvgIpc) is 2.95. The maximum atomic E-state index is 11.0. The minimum Gasteiger partial charge on any atom is -0.480 e. The van der Waals surface area contributed by atoms with Gasteiger partial charge in [-0.3, -0.25) is 10.1 Å². The van der Waals surface area contributed by atoms with Gasteiger partial charge >= 0.3 is 0 Å². The molecular weight excluding hydrogens is 342 g/mol. The Kier molecular flexibility index (Phi) is 4.39. The molecule has 0 saturated heterocycles. The van der Waals surface area contributed by atoms with E-state index in [0.29, 0.717) is 28.7 Å². The van der Waals surface area contributed by atoms with Crippen LogP contribution in [0.25, 0.3) is 11.0 Å². The first-order chi connectivity index (χ1) is 11.8. The third-order valence-corrected chi connectivity index (χ3v) is 4.24. The lowest BCUT2D eigenvalue weighted by Crippen LogP contribution is -2.29. The third-order valence-electron chi connectivity index (χ3n) is 3.98. The molecule has 7 heteroatoms. The molecule has 0 aliphatic heterocycles. The van der Waals surface area contributed by atoms with Gasteiger partial charge in [-0.25, -0.2) is 4.98 Å². The van der Waals surface area contributed by atoms with Crippen molar-refractivity contribution in [3.63, 3.8) is 0 Å². The fraction of sp³-hybridized carbons (Fsp3) is 0.278. The zero-order chi connectivity index (χ0) is 18.2. The van der Waals surface area contributed by atoms with Crippen LogP contribution in [0.15, 0.2) is 42.5 Å². The predicted molar refractivity (Wildman–Crippen MR) is 97.2 cm³/mol. The number of ether oxygens (including phenoxy) is 1. The van der Waals surface area contributed by atoms with Crippen LogP contribution in [0.5, 0.6) is 5.75 Å². The molecule has 0 N–H and O–H groups in total. The molecule has 3 aromatic rings. The van der Waals surface area contributed by atoms with Gasteiger partial charge in [0.15, 0.2) is 11.4 Å². The maximum Gasteiger partial charge on any atom is 0.271 e. The van der Waals surface area contributed by atoms with Gasteiger partial charge in [-0.05, 0) is 51.1 Å². The first-order valence-corrected chi connectivity index (χ1v) is 8.29. The lowest BCUT2D eigenvalue weighted by Gasteiger charge is -2.26. The topological polar surface area (TPSA) is 70.2 Å². The summed E-state index contributed by atoms with van der Waals surface area (Å²) >= 11 is 5.91. The van der Waals surface area contributed by atoms with E-state index >= 15 is 0 Å². The van der Waals surface area contributed by atoms with Crippen molar-refractivity contribution in [1.82, 2.24) is 9.55 Å². The number of nitro benzene ring substituents is 1. The van der Waals surface area contributed by atoms with E-state index in [1.807, 2.05) is 25.3 Å². The first-order valence-electron chi connectivity index (χ1n) is 7.91. The molecule has 6 nitrogen and oxygen atoms in total. The van der Waals surface area contributed by atoms with Crippen molar-refractivity contribution in [2.45, 2.75) is 32.9 Å². The van der Waals surface area contributed by atoms with Gasteiger partial charge in [-0.15, -0.1) is 0 Å². The highest BCUT2D eigenvalue weighted by Crippen LogP contribution is 2.31. The van der Waals surface area contributed by atoms with Gasteiger partial charge in [0, 0.05) is 23.7 Å². The molecular formula is C18H18ClN3O3. The number of hydrogen-bond donors (Lipinski definition) is 0. The molecule has 0 atom stereocenters. The van der Waals surface area contributed by atoms with Crippen LogP contribution in [0.2, 0.25) is 5.02 Å². The number of fused-ring (bicyclic) bond motifs is 1. The number of imidazole rings is 1. The van der Waals surface area contributed by atoms with Crippen LogP contribution >= 0.6 is 11.6 Å². The monoisotopic (exact) mass is 359 g/mol. The second-order valence-corrected chi connectivity index (χ2v) is 6.61. The van der Waals surface area contributed by atoms with Crippen molar-refractivity contribution in [2.24, 2.45) is 0 Å². The van der Waals surface area contributed by atoms with Crippen molar-refractivity contribution in [3.8, 4) is 5.75 Å². The van der Waals surface area contributed by atoms with Crippen LogP contribution in [0.1, 0.15) is 26.6 Å². The van der Waals surface area contributed by atoms with Crippen LogP contribution < -0.4 is 4.74 Å². The molecule has 130 valence electrons. The van der Waals surface area contributed by atoms with Crippen molar-refractivity contribution in [1.29, 1.82) is 0 Å². The molecule has 0 saturated carbocycles. The fourth-order valence-corrected chi connectivity index (χ4v) is 2.98. The molecule has 0 unspecified atom stereocenters. The molecule has 0 aliphatic carbocycles. The Balaban J connectivity index is 2.05. The SMILES string of the molecule is CCn1c(C(C)(C)Oc2ccc(Cl)cc2)nc2cc([N+](=O)[O-])ccc21. The van der Waals surface area contributed by atoms with Crippen molar-refractivity contribution in [3.05, 3.63) is 63.4 Å². The number of nitro groups is 1. The summed E-state index contributed by atoms with van der Waals surface area (Å²) in [6.07, 6.45) is 0. The van der Waals surface area contributed by atoms with E-state index in [1.54, 1.807) is 30.3 Å². The quantitative estimate of drug-likeness (QED) is 0.478. The summed E-state index contributed by atoms with van der Waals surface area (Å²) < 4.78 is 8.13. The second-order valence-electron chi connectivity index (χ2n) is 6.18. The summed E-state index contributed by atoms with van der Waals surface area (Å²) in [5, 5.41) is 11.6. The number of non-ortho nitro benzene ring substituents is 1. The Morgan fingerprint density at radius 2 is 1.92 bits per heavy atom. The van der Waals surface area contributed by atoms with Crippen LogP contribution in [-0.4, -0.2) is 14.5 Å². The van der Waals surface area contributed by atoms with Crippen molar-refractivity contribution < 1.29 is 9.66 Å². The van der Waals surface area contributed by atoms with E-state index in [2.05, 4.69) is 4.98 Å². The van der Waals surface area contributed by atoms with Gasteiger partial charge in [0.05, 0.1) is 16.0 Å². The lowest BCUT2D eigenvalue weighted by atomic mass is 10.1. The fourth-order valence-electron chi connectivity index (χ4n) is 2.85. The van der Waals surface area contributed by atoms with E-state index in [-0.39, 0.29) is 5.69 Å². The molecule has 0 fully saturated rings. The molecule has 2 aromatic carbocycles. The molecule has 0 bridgehead atoms. The second kappa shape index (κ2) is 6.37. The number of benzene rings is 2. The molecule has 0 radical (unpaired) electrons. The molecule has 25 heavy (non-hydrogen) atoms. The molecule has 0 amide bonds. The van der Waals surface area contributed by atoms with Gasteiger partial charge in [-0.2, -0.15) is 0 Å². The standard InChI is InChI=1S/C18H18ClN3O3/c1-4-21-16-10-7-13(22(23)24)11-15(16)20-17(21)18(2,3)25-14-8-5-12(19)6-9-14/h5-11H,4H2,1-3H3. The van der Waals surface area contributed by atoms with Crippen LogP contribution in [-0.2, 0) is 12.1 Å². The minimum atomic E-state index is -0.725. The smallest absolute Gasteiger partial charge is 0.271 e. The first kappa shape index (κ1) is 17.2. The van der Waals surface area contributed by atoms with Crippen molar-refractivity contribution >= 4 is 28.3 Å². The summed E-state index contributed by atoms with van der Waals surface area (Å²) in [5.74, 6) is 1.38. The Morgan fingerprint density at radius 3 is 2.52 bits per heavy atom. The Labute approximate surface area is 150 Å². The molecule has 1 aromatic heterocycles. The van der Waals surface area contributed by atoms with Gasteiger partial charge in [-0.1, -0.05) is 11.6 Å². The molecule has 0 aliphatic rings. The number of hydrogen-bond acceptors (Lipinski definition) is 4. The summed E-state index contributed by atoms with van der Waals surface area (Å²) in [6, 6.07) is 11.8. The van der Waals surface area contributed by atoms with Gasteiger partial charge in [0.2, 0.25) is 0 Å². The average molecular weight is 360 g/mol. The van der Waals surface area contributed by atoms with E-state index in [4.69, 9.17) is 16.3 Å². The number of nitrogens with zero attached hydrogens (tertiary/aromatic N) is 3. The van der Waals surface area contributed by atoms with Crippen LogP contribution in [0.3, 0.4) is 0 Å². The number of aryl methyl sites for hydroxylation is 1. The predicted octanol–water partition coefficient (Wildman–Crippen LogP) is 4.93. The van der Waals surface area contributed by atoms with Gasteiger partial charge < -0.3 is 9.30 Å². The highest BCUT2D eigenvalue weighted by atomic mass is 35.5. The zero-order valence-electron chi connectivity index (χ0n) is 14.2. The lowest BCUT2D eigenvalue weighted by molar-refractivity contribution is -0.384. The molecule has 0 spiro atoms. The van der Waals surface area contributed by atoms with Gasteiger partial charge in [0.25, 0.3) is 5.69 Å². The highest BCUT2D eigenvalue weighted by molar-refractivity contribution is 6.30. The maximum absolute atomic E-state index is 11.0. The Morgan fingerprint density at radius 1 is 1.24 bits per heavy atom. The number of halogens is 1. The summed E-state index contributed by atoms with van der Waals surface area (Å²) in [6.45, 7) is 6.52. The molecule has 3 rings (SSSR count). The molecule has 1 heterocycles. The normalized spacial score (nSPS) is 11.7. The summed E-state index contributed by atoms with van der Waals surface area (Å²) in [5.41, 5.74) is 0.725. The van der Waals surface area contributed by atoms with E-state index < -0.39 is 10.5 Å².